The number of hydrogen-bond donors (Lipinski definition) is 1. The first-order chi connectivity index (χ1) is 13.0. The first-order valence-corrected chi connectivity index (χ1v) is 9.68. The molecule has 0 saturated carbocycles. The number of nitrogens with one attached hydrogen (secondary N) is 1. The molecule has 2 aromatic carbocycles. The number of para-hydroxylation sites is 2. The molecule has 1 saturated heterocycles. The summed E-state index contributed by atoms with van der Waals surface area (Å²) in [6.07, 6.45) is 0.0863. The minimum absolute atomic E-state index is 0.0863. The molecule has 1 aliphatic rings. The third-order valence-electron chi connectivity index (χ3n) is 4.49. The number of amides is 1. The SMILES string of the molecule is CC(C)Oc1ccccc1NCC(=O)N1CCN(c2cccc(Cl)c2)CC1. The van der Waals surface area contributed by atoms with Crippen LogP contribution in [0.4, 0.5) is 11.4 Å². The van der Waals surface area contributed by atoms with Gasteiger partial charge in [0.15, 0.2) is 0 Å². The Morgan fingerprint density at radius 2 is 1.85 bits per heavy atom. The van der Waals surface area contributed by atoms with Gasteiger partial charge in [0, 0.05) is 36.9 Å². The average molecular weight is 388 g/mol. The maximum atomic E-state index is 12.6. The van der Waals surface area contributed by atoms with Crippen molar-refractivity contribution in [3.63, 3.8) is 0 Å². The highest BCUT2D eigenvalue weighted by atomic mass is 35.5. The summed E-state index contributed by atoms with van der Waals surface area (Å²) in [4.78, 5) is 16.7. The summed E-state index contributed by atoms with van der Waals surface area (Å²) in [5, 5.41) is 3.95. The summed E-state index contributed by atoms with van der Waals surface area (Å²) >= 11 is 6.08. The normalized spacial score (nSPS) is 14.4. The van der Waals surface area contributed by atoms with E-state index < -0.39 is 0 Å². The number of hydrogen-bond acceptors (Lipinski definition) is 4. The Balaban J connectivity index is 1.52. The lowest BCUT2D eigenvalue weighted by Gasteiger charge is -2.36. The molecule has 0 aliphatic carbocycles. The van der Waals surface area contributed by atoms with Gasteiger partial charge in [-0.25, -0.2) is 0 Å². The summed E-state index contributed by atoms with van der Waals surface area (Å²) in [6.45, 7) is 7.25. The molecule has 1 heterocycles. The Labute approximate surface area is 165 Å². The number of carbonyl (C=O) groups is 1. The summed E-state index contributed by atoms with van der Waals surface area (Å²) in [6, 6.07) is 15.6. The molecule has 0 radical (unpaired) electrons. The van der Waals surface area contributed by atoms with E-state index in [0.29, 0.717) is 13.1 Å². The van der Waals surface area contributed by atoms with Crippen LogP contribution < -0.4 is 15.0 Å². The number of ether oxygens (including phenoxy) is 1. The van der Waals surface area contributed by atoms with E-state index in [9.17, 15) is 4.79 Å². The lowest BCUT2D eigenvalue weighted by Crippen LogP contribution is -2.50. The molecule has 0 spiro atoms. The van der Waals surface area contributed by atoms with Crippen molar-refractivity contribution >= 4 is 28.9 Å². The number of anilines is 2. The highest BCUT2D eigenvalue weighted by Gasteiger charge is 2.21. The van der Waals surface area contributed by atoms with Crippen LogP contribution >= 0.6 is 11.6 Å². The Morgan fingerprint density at radius 1 is 1.11 bits per heavy atom. The lowest BCUT2D eigenvalue weighted by molar-refractivity contribution is -0.129. The van der Waals surface area contributed by atoms with E-state index in [-0.39, 0.29) is 18.6 Å². The van der Waals surface area contributed by atoms with Gasteiger partial charge in [-0.3, -0.25) is 4.79 Å². The highest BCUT2D eigenvalue weighted by Crippen LogP contribution is 2.25. The number of piperazine rings is 1. The van der Waals surface area contributed by atoms with Crippen molar-refractivity contribution in [1.82, 2.24) is 4.90 Å². The zero-order chi connectivity index (χ0) is 19.2. The Hall–Kier alpha value is -2.40. The number of halogens is 1. The second-order valence-corrected chi connectivity index (χ2v) is 7.30. The average Bonchev–Trinajstić information content (AvgIpc) is 2.67. The Bertz CT molecular complexity index is 774. The van der Waals surface area contributed by atoms with Crippen molar-refractivity contribution in [3.8, 4) is 5.75 Å². The molecule has 6 heteroatoms. The molecule has 0 bridgehead atoms. The van der Waals surface area contributed by atoms with Gasteiger partial charge in [-0.2, -0.15) is 0 Å². The van der Waals surface area contributed by atoms with Crippen LogP contribution in [0.15, 0.2) is 48.5 Å². The smallest absolute Gasteiger partial charge is 0.241 e. The Kier molecular flexibility index (Phi) is 6.45. The molecule has 0 atom stereocenters. The van der Waals surface area contributed by atoms with Gasteiger partial charge in [0.05, 0.1) is 18.3 Å². The number of carbonyl (C=O) groups excluding carboxylic acids is 1. The summed E-state index contributed by atoms with van der Waals surface area (Å²) < 4.78 is 5.79. The zero-order valence-electron chi connectivity index (χ0n) is 15.8. The second kappa shape index (κ2) is 9.00. The summed E-state index contributed by atoms with van der Waals surface area (Å²) in [5.74, 6) is 0.867. The Morgan fingerprint density at radius 3 is 2.56 bits per heavy atom. The van der Waals surface area contributed by atoms with Crippen LogP contribution in [0, 0.1) is 0 Å². The minimum Gasteiger partial charge on any atom is -0.489 e. The van der Waals surface area contributed by atoms with Crippen LogP contribution in [0.5, 0.6) is 5.75 Å². The van der Waals surface area contributed by atoms with E-state index in [2.05, 4.69) is 16.3 Å². The second-order valence-electron chi connectivity index (χ2n) is 6.86. The molecule has 2 aromatic rings. The molecule has 3 rings (SSSR count). The molecule has 27 heavy (non-hydrogen) atoms. The van der Waals surface area contributed by atoms with Crippen molar-refractivity contribution in [2.45, 2.75) is 20.0 Å². The fourth-order valence-electron chi connectivity index (χ4n) is 3.14. The summed E-state index contributed by atoms with van der Waals surface area (Å²) in [7, 11) is 0. The molecule has 144 valence electrons. The predicted octanol–water partition coefficient (Wildman–Crippen LogP) is 3.89. The van der Waals surface area contributed by atoms with Crippen LogP contribution in [0.3, 0.4) is 0 Å². The van der Waals surface area contributed by atoms with Gasteiger partial charge < -0.3 is 19.9 Å². The molecule has 1 fully saturated rings. The summed E-state index contributed by atoms with van der Waals surface area (Å²) in [5.41, 5.74) is 1.95. The molecular formula is C21H26ClN3O2. The molecule has 1 aliphatic heterocycles. The van der Waals surface area contributed by atoms with E-state index >= 15 is 0 Å². The largest absolute Gasteiger partial charge is 0.489 e. The van der Waals surface area contributed by atoms with Gasteiger partial charge in [-0.05, 0) is 44.2 Å². The van der Waals surface area contributed by atoms with Gasteiger partial charge in [0.25, 0.3) is 0 Å². The quantitative estimate of drug-likeness (QED) is 0.816. The predicted molar refractivity (Wildman–Crippen MR) is 111 cm³/mol. The molecule has 0 unspecified atom stereocenters. The van der Waals surface area contributed by atoms with Crippen LogP contribution in [0.1, 0.15) is 13.8 Å². The van der Waals surface area contributed by atoms with E-state index in [1.807, 2.05) is 61.2 Å². The zero-order valence-corrected chi connectivity index (χ0v) is 16.6. The monoisotopic (exact) mass is 387 g/mol. The topological polar surface area (TPSA) is 44.8 Å². The van der Waals surface area contributed by atoms with Crippen molar-refractivity contribution < 1.29 is 9.53 Å². The minimum atomic E-state index is 0.0863. The molecule has 1 amide bonds. The van der Waals surface area contributed by atoms with Crippen LogP contribution in [0.25, 0.3) is 0 Å². The third-order valence-corrected chi connectivity index (χ3v) is 4.72. The molecule has 1 N–H and O–H groups in total. The van der Waals surface area contributed by atoms with E-state index in [0.717, 1.165) is 35.2 Å². The van der Waals surface area contributed by atoms with Gasteiger partial charge in [-0.1, -0.05) is 29.8 Å². The van der Waals surface area contributed by atoms with Gasteiger partial charge in [0.1, 0.15) is 5.75 Å². The van der Waals surface area contributed by atoms with Crippen LogP contribution in [-0.2, 0) is 4.79 Å². The van der Waals surface area contributed by atoms with Crippen molar-refractivity contribution in [2.75, 3.05) is 42.9 Å². The molecule has 0 aromatic heterocycles. The van der Waals surface area contributed by atoms with Crippen molar-refractivity contribution in [3.05, 3.63) is 53.6 Å². The number of nitrogens with zero attached hydrogens (tertiary/aromatic N) is 2. The van der Waals surface area contributed by atoms with Gasteiger partial charge in [0.2, 0.25) is 5.91 Å². The van der Waals surface area contributed by atoms with Gasteiger partial charge >= 0.3 is 0 Å². The van der Waals surface area contributed by atoms with Crippen molar-refractivity contribution in [1.29, 1.82) is 0 Å². The lowest BCUT2D eigenvalue weighted by atomic mass is 10.2. The molecular weight excluding hydrogens is 362 g/mol. The third kappa shape index (κ3) is 5.30. The fourth-order valence-corrected chi connectivity index (χ4v) is 3.32. The van der Waals surface area contributed by atoms with Gasteiger partial charge in [-0.15, -0.1) is 0 Å². The fraction of sp³-hybridized carbons (Fsp3) is 0.381. The first kappa shape index (κ1) is 19.4. The standard InChI is InChI=1S/C21H26ClN3O2/c1-16(2)27-20-9-4-3-8-19(20)23-15-21(26)25-12-10-24(11-13-25)18-7-5-6-17(22)14-18/h3-9,14,16,23H,10-13,15H2,1-2H3. The van der Waals surface area contributed by atoms with Crippen molar-refractivity contribution in [2.24, 2.45) is 0 Å². The maximum absolute atomic E-state index is 12.6. The first-order valence-electron chi connectivity index (χ1n) is 9.31. The maximum Gasteiger partial charge on any atom is 0.241 e. The van der Waals surface area contributed by atoms with E-state index in [1.165, 1.54) is 0 Å². The van der Waals surface area contributed by atoms with E-state index in [4.69, 9.17) is 16.3 Å². The molecule has 5 nitrogen and oxygen atoms in total. The van der Waals surface area contributed by atoms with Crippen LogP contribution in [-0.4, -0.2) is 49.6 Å². The number of benzene rings is 2. The van der Waals surface area contributed by atoms with E-state index in [1.54, 1.807) is 0 Å². The van der Waals surface area contributed by atoms with Crippen LogP contribution in [0.2, 0.25) is 5.02 Å². The highest BCUT2D eigenvalue weighted by molar-refractivity contribution is 6.30. The number of rotatable bonds is 6.